The Morgan fingerprint density at radius 2 is 2.00 bits per heavy atom. The predicted molar refractivity (Wildman–Crippen MR) is 131 cm³/mol. The van der Waals surface area contributed by atoms with E-state index in [9.17, 15) is 9.90 Å². The van der Waals surface area contributed by atoms with Gasteiger partial charge in [0.25, 0.3) is 0 Å². The number of urea groups is 1. The number of aliphatic hydroxyl groups is 1. The second-order valence-electron chi connectivity index (χ2n) is 9.58. The minimum absolute atomic E-state index is 0.0362. The standard InChI is InChI=1S/C26H30N4O5/c1-29-20-12-17(33-2)4-5-18(20)23-24(29)19(13-31)27-14-26(23)7-9-30(10-8-26)25(32)28-16-3-6-21-22(11-16)35-15-34-21/h3-6,11-12,19,27,31H,7-10,13-15H2,1-2H3,(H,28,32)/t19-/m1/s1. The van der Waals surface area contributed by atoms with Gasteiger partial charge in [0.15, 0.2) is 11.5 Å². The topological polar surface area (TPSA) is 97.2 Å². The van der Waals surface area contributed by atoms with E-state index in [0.717, 1.165) is 36.3 Å². The summed E-state index contributed by atoms with van der Waals surface area (Å²) in [7, 11) is 3.73. The SMILES string of the molecule is COc1ccc2c3c(n(C)c2c1)[C@@H](CO)NCC31CCN(C(=O)Nc2ccc3c(c2)OCO3)CC1. The van der Waals surface area contributed by atoms with E-state index in [1.165, 1.54) is 10.9 Å². The van der Waals surface area contributed by atoms with Gasteiger partial charge in [-0.2, -0.15) is 0 Å². The highest BCUT2D eigenvalue weighted by molar-refractivity contribution is 5.91. The zero-order valence-corrected chi connectivity index (χ0v) is 20.0. The number of carbonyl (C=O) groups is 1. The number of aliphatic hydroxyl groups excluding tert-OH is 1. The molecule has 3 aliphatic heterocycles. The Hall–Kier alpha value is -3.43. The number of anilines is 1. The van der Waals surface area contributed by atoms with Gasteiger partial charge in [-0.3, -0.25) is 0 Å². The van der Waals surface area contributed by atoms with Crippen LogP contribution in [0.15, 0.2) is 36.4 Å². The summed E-state index contributed by atoms with van der Waals surface area (Å²) in [5.74, 6) is 2.15. The molecule has 3 N–H and O–H groups in total. The van der Waals surface area contributed by atoms with Crippen molar-refractivity contribution in [3.63, 3.8) is 0 Å². The quantitative estimate of drug-likeness (QED) is 0.535. The molecule has 9 heteroatoms. The number of aromatic nitrogens is 1. The molecule has 0 radical (unpaired) electrons. The Bertz CT molecular complexity index is 1290. The molecule has 2 amide bonds. The molecular formula is C26H30N4O5. The van der Waals surface area contributed by atoms with Gasteiger partial charge in [0, 0.05) is 61.0 Å². The van der Waals surface area contributed by atoms with E-state index in [1.54, 1.807) is 13.2 Å². The van der Waals surface area contributed by atoms with Crippen LogP contribution in [0.2, 0.25) is 0 Å². The van der Waals surface area contributed by atoms with Crippen LogP contribution in [0.4, 0.5) is 10.5 Å². The van der Waals surface area contributed by atoms with Crippen LogP contribution in [0.3, 0.4) is 0 Å². The first-order chi connectivity index (χ1) is 17.0. The number of nitrogens with zero attached hydrogens (tertiary/aromatic N) is 2. The van der Waals surface area contributed by atoms with Crippen LogP contribution in [0, 0.1) is 0 Å². The van der Waals surface area contributed by atoms with Crippen LogP contribution >= 0.6 is 0 Å². The molecule has 9 nitrogen and oxygen atoms in total. The molecule has 2 aromatic carbocycles. The lowest BCUT2D eigenvalue weighted by molar-refractivity contribution is 0.148. The molecule has 0 bridgehead atoms. The highest BCUT2D eigenvalue weighted by Gasteiger charge is 2.45. The number of nitrogens with one attached hydrogen (secondary N) is 2. The fourth-order valence-corrected chi connectivity index (χ4v) is 5.92. The molecule has 1 spiro atoms. The highest BCUT2D eigenvalue weighted by atomic mass is 16.7. The summed E-state index contributed by atoms with van der Waals surface area (Å²) in [4.78, 5) is 14.9. The van der Waals surface area contributed by atoms with E-state index >= 15 is 0 Å². The Labute approximate surface area is 203 Å². The number of aryl methyl sites for hydroxylation is 1. The molecule has 4 heterocycles. The first-order valence-corrected chi connectivity index (χ1v) is 12.0. The molecule has 1 atom stereocenters. The van der Waals surface area contributed by atoms with Gasteiger partial charge in [0.1, 0.15) is 5.75 Å². The zero-order chi connectivity index (χ0) is 24.2. The van der Waals surface area contributed by atoms with Gasteiger partial charge in [0.05, 0.1) is 25.3 Å². The molecule has 1 aromatic heterocycles. The van der Waals surface area contributed by atoms with E-state index in [2.05, 4.69) is 34.4 Å². The van der Waals surface area contributed by atoms with Gasteiger partial charge in [-0.25, -0.2) is 4.79 Å². The van der Waals surface area contributed by atoms with Gasteiger partial charge in [-0.05, 0) is 42.7 Å². The molecule has 0 unspecified atom stereocenters. The van der Waals surface area contributed by atoms with Crippen LogP contribution in [0.25, 0.3) is 10.9 Å². The van der Waals surface area contributed by atoms with Gasteiger partial charge >= 0.3 is 6.03 Å². The van der Waals surface area contributed by atoms with Crippen LogP contribution < -0.4 is 24.8 Å². The van der Waals surface area contributed by atoms with Gasteiger partial charge in [-0.1, -0.05) is 0 Å². The van der Waals surface area contributed by atoms with E-state index in [4.69, 9.17) is 14.2 Å². The van der Waals surface area contributed by atoms with Crippen molar-refractivity contribution in [3.8, 4) is 17.2 Å². The van der Waals surface area contributed by atoms with Crippen molar-refractivity contribution >= 4 is 22.6 Å². The average Bonchev–Trinajstić information content (AvgIpc) is 3.47. The third-order valence-electron chi connectivity index (χ3n) is 7.81. The van der Waals surface area contributed by atoms with Crippen molar-refractivity contribution < 1.29 is 24.1 Å². The van der Waals surface area contributed by atoms with Crippen molar-refractivity contribution in [3.05, 3.63) is 47.7 Å². The van der Waals surface area contributed by atoms with Gasteiger partial charge in [0.2, 0.25) is 6.79 Å². The maximum Gasteiger partial charge on any atom is 0.321 e. The second kappa shape index (κ2) is 8.35. The molecular weight excluding hydrogens is 448 g/mol. The number of rotatable bonds is 3. The summed E-state index contributed by atoms with van der Waals surface area (Å²) in [6.07, 6.45) is 1.68. The summed E-state index contributed by atoms with van der Waals surface area (Å²) in [6, 6.07) is 11.4. The first kappa shape index (κ1) is 22.1. The van der Waals surface area contributed by atoms with Gasteiger partial charge in [-0.15, -0.1) is 0 Å². The van der Waals surface area contributed by atoms with Crippen molar-refractivity contribution in [2.45, 2.75) is 24.3 Å². The molecule has 1 saturated heterocycles. The Kier molecular flexibility index (Phi) is 5.26. The van der Waals surface area contributed by atoms with E-state index in [0.29, 0.717) is 30.3 Å². The van der Waals surface area contributed by atoms with Crippen molar-refractivity contribution in [1.29, 1.82) is 0 Å². The smallest absolute Gasteiger partial charge is 0.321 e. The summed E-state index contributed by atoms with van der Waals surface area (Å²) in [6.45, 7) is 2.30. The molecule has 6 rings (SSSR count). The lowest BCUT2D eigenvalue weighted by atomic mass is 9.69. The van der Waals surface area contributed by atoms with E-state index in [1.807, 2.05) is 23.1 Å². The van der Waals surface area contributed by atoms with E-state index < -0.39 is 0 Å². The number of likely N-dealkylation sites (tertiary alicyclic amines) is 1. The minimum Gasteiger partial charge on any atom is -0.497 e. The molecule has 3 aromatic rings. The number of benzene rings is 2. The molecule has 0 aliphatic carbocycles. The lowest BCUT2D eigenvalue weighted by Crippen LogP contribution is -2.54. The maximum atomic E-state index is 13.0. The summed E-state index contributed by atoms with van der Waals surface area (Å²) >= 11 is 0. The number of fused-ring (bicyclic) bond motifs is 5. The van der Waals surface area contributed by atoms with Crippen molar-refractivity contribution in [2.75, 3.05) is 45.5 Å². The van der Waals surface area contributed by atoms with E-state index in [-0.39, 0.29) is 30.9 Å². The lowest BCUT2D eigenvalue weighted by Gasteiger charge is -2.46. The minimum atomic E-state index is -0.119. The van der Waals surface area contributed by atoms with Crippen LogP contribution in [0.5, 0.6) is 17.2 Å². The fraction of sp³-hybridized carbons (Fsp3) is 0.423. The molecule has 35 heavy (non-hydrogen) atoms. The third kappa shape index (κ3) is 3.49. The Morgan fingerprint density at radius 3 is 2.77 bits per heavy atom. The fourth-order valence-electron chi connectivity index (χ4n) is 5.92. The van der Waals surface area contributed by atoms with Crippen LogP contribution in [-0.2, 0) is 12.5 Å². The summed E-state index contributed by atoms with van der Waals surface area (Å²) in [5, 5.41) is 17.9. The van der Waals surface area contributed by atoms with Crippen LogP contribution in [0.1, 0.15) is 30.1 Å². The largest absolute Gasteiger partial charge is 0.497 e. The molecule has 0 saturated carbocycles. The maximum absolute atomic E-state index is 13.0. The number of hydrogen-bond acceptors (Lipinski definition) is 6. The number of carbonyl (C=O) groups excluding carboxylic acids is 1. The average molecular weight is 479 g/mol. The monoisotopic (exact) mass is 478 g/mol. The predicted octanol–water partition coefficient (Wildman–Crippen LogP) is 3.12. The summed E-state index contributed by atoms with van der Waals surface area (Å²) in [5.41, 5.74) is 4.10. The number of hydrogen-bond donors (Lipinski definition) is 3. The number of ether oxygens (including phenoxy) is 3. The molecule has 1 fully saturated rings. The molecule has 3 aliphatic rings. The van der Waals surface area contributed by atoms with Crippen molar-refractivity contribution in [2.24, 2.45) is 7.05 Å². The van der Waals surface area contributed by atoms with Gasteiger partial charge < -0.3 is 39.4 Å². The number of piperidine rings is 1. The Morgan fingerprint density at radius 1 is 1.20 bits per heavy atom. The summed E-state index contributed by atoms with van der Waals surface area (Å²) < 4.78 is 18.4. The number of amides is 2. The third-order valence-corrected chi connectivity index (χ3v) is 7.81. The zero-order valence-electron chi connectivity index (χ0n) is 20.0. The highest BCUT2D eigenvalue weighted by Crippen LogP contribution is 2.47. The normalized spacial score (nSPS) is 20.2. The first-order valence-electron chi connectivity index (χ1n) is 12.0. The number of methoxy groups -OCH3 is 1. The second-order valence-corrected chi connectivity index (χ2v) is 9.58. The molecule has 184 valence electrons. The van der Waals surface area contributed by atoms with Crippen molar-refractivity contribution in [1.82, 2.24) is 14.8 Å². The van der Waals surface area contributed by atoms with Crippen LogP contribution in [-0.4, -0.2) is 60.7 Å². The Balaban J connectivity index is 1.26.